The Bertz CT molecular complexity index is 1130. The molecule has 0 heterocycles. The molecule has 0 bridgehead atoms. The van der Waals surface area contributed by atoms with Crippen LogP contribution in [0.25, 0.3) is 0 Å². The Labute approximate surface area is 218 Å². The molecule has 0 spiro atoms. The van der Waals surface area contributed by atoms with Crippen LogP contribution in [0.5, 0.6) is 0 Å². The molecular formula is C22H20F7IN2O3S. The van der Waals surface area contributed by atoms with E-state index in [0.717, 1.165) is 13.0 Å². The number of hydrogen-bond donors (Lipinski definition) is 2. The van der Waals surface area contributed by atoms with Crippen molar-refractivity contribution in [2.45, 2.75) is 37.9 Å². The van der Waals surface area contributed by atoms with Crippen molar-refractivity contribution in [1.82, 2.24) is 5.32 Å². The van der Waals surface area contributed by atoms with Gasteiger partial charge in [0, 0.05) is 14.8 Å². The van der Waals surface area contributed by atoms with Gasteiger partial charge in [-0.15, -0.1) is 0 Å². The summed E-state index contributed by atoms with van der Waals surface area (Å²) in [5, 5.41) is 4.95. The number of nitrogens with one attached hydrogen (secondary N) is 2. The monoisotopic (exact) mass is 652 g/mol. The number of amides is 2. The first-order chi connectivity index (χ1) is 16.4. The van der Waals surface area contributed by atoms with Crippen molar-refractivity contribution in [2.24, 2.45) is 0 Å². The molecule has 0 aromatic heterocycles. The quantitative estimate of drug-likeness (QED) is 0.231. The summed E-state index contributed by atoms with van der Waals surface area (Å²) in [5.41, 5.74) is -7.90. The number of carbonyl (C=O) groups is 2. The van der Waals surface area contributed by atoms with E-state index >= 15 is 0 Å². The van der Waals surface area contributed by atoms with E-state index in [1.807, 2.05) is 22.6 Å². The number of halogens is 8. The molecule has 36 heavy (non-hydrogen) atoms. The molecule has 2 rings (SSSR count). The smallest absolute Gasteiger partial charge is 0.435 e. The van der Waals surface area contributed by atoms with Crippen LogP contribution >= 0.6 is 22.6 Å². The zero-order valence-corrected chi connectivity index (χ0v) is 21.9. The van der Waals surface area contributed by atoms with Crippen molar-refractivity contribution in [2.75, 3.05) is 17.3 Å². The van der Waals surface area contributed by atoms with Crippen molar-refractivity contribution in [3.8, 4) is 0 Å². The lowest BCUT2D eigenvalue weighted by molar-refractivity contribution is -0.348. The minimum atomic E-state index is -6.27. The minimum Gasteiger partial charge on any atom is -0.616 e. The molecule has 2 amide bonds. The molecule has 5 nitrogen and oxygen atoms in total. The molecule has 2 aromatic rings. The third kappa shape index (κ3) is 6.43. The first kappa shape index (κ1) is 30.2. The summed E-state index contributed by atoms with van der Waals surface area (Å²) in [4.78, 5) is 25.7. The lowest BCUT2D eigenvalue weighted by Gasteiger charge is -2.30. The van der Waals surface area contributed by atoms with Crippen LogP contribution in [0.15, 0.2) is 36.4 Å². The molecule has 0 saturated heterocycles. The van der Waals surface area contributed by atoms with E-state index in [1.165, 1.54) is 18.4 Å². The first-order valence-corrected chi connectivity index (χ1v) is 12.8. The summed E-state index contributed by atoms with van der Waals surface area (Å²) in [6.07, 6.45) is -11.1. The molecular weight excluding hydrogens is 632 g/mol. The normalized spacial score (nSPS) is 14.2. The Balaban J connectivity index is 2.39. The molecule has 0 radical (unpaired) electrons. The average molecular weight is 652 g/mol. The molecule has 1 unspecified atom stereocenters. The maximum Gasteiger partial charge on any atom is 0.435 e. The van der Waals surface area contributed by atoms with Gasteiger partial charge in [0.2, 0.25) is 0 Å². The van der Waals surface area contributed by atoms with E-state index < -0.39 is 52.6 Å². The van der Waals surface area contributed by atoms with Crippen LogP contribution in [0, 0.1) is 10.5 Å². The number of benzene rings is 2. The van der Waals surface area contributed by atoms with Crippen molar-refractivity contribution in [1.29, 1.82) is 0 Å². The number of anilines is 1. The highest BCUT2D eigenvalue weighted by molar-refractivity contribution is 14.1. The number of hydrogen-bond acceptors (Lipinski definition) is 3. The fourth-order valence-electron chi connectivity index (χ4n) is 3.33. The number of rotatable bonds is 7. The van der Waals surface area contributed by atoms with Gasteiger partial charge in [-0.05, 0) is 60.2 Å². The number of carbonyl (C=O) groups excluding carboxylic acids is 2. The summed E-state index contributed by atoms with van der Waals surface area (Å²) in [5.74, 6) is -1.36. The Morgan fingerprint density at radius 1 is 1.03 bits per heavy atom. The largest absolute Gasteiger partial charge is 0.616 e. The minimum absolute atomic E-state index is 0.0319. The second-order valence-corrected chi connectivity index (χ2v) is 10.6. The molecule has 0 aliphatic heterocycles. The first-order valence-electron chi connectivity index (χ1n) is 10.0. The third-order valence-corrected chi connectivity index (χ3v) is 6.87. The molecule has 2 aromatic carbocycles. The molecule has 14 heteroatoms. The standard InChI is InChI=1S/C22H20F7IN2O3S/c1-11-9-13(20(23,21(24,25)26)22(27,28)29)7-8-16(11)32-18(33)14-5-4-6-15(30)17(14)19(34)31-12(2)10-36(3)35/h4-9,12H,10H2,1-3H3,(H,31,34)(H,32,33)/t12-,36?/m0/s1. The molecule has 0 aliphatic carbocycles. The highest BCUT2D eigenvalue weighted by Crippen LogP contribution is 2.53. The van der Waals surface area contributed by atoms with Crippen LogP contribution in [0.3, 0.4) is 0 Å². The SMILES string of the molecule is Cc1cc(C(F)(C(F)(F)F)C(F)(F)F)ccc1NC(=O)c1cccc(I)c1C(=O)N[C@@H](C)C[S+](C)[O-]. The molecule has 198 valence electrons. The zero-order valence-electron chi connectivity index (χ0n) is 18.9. The molecule has 0 aliphatic rings. The van der Waals surface area contributed by atoms with E-state index in [2.05, 4.69) is 10.6 Å². The lowest BCUT2D eigenvalue weighted by atomic mass is 9.92. The van der Waals surface area contributed by atoms with Crippen molar-refractivity contribution in [3.05, 3.63) is 62.2 Å². The van der Waals surface area contributed by atoms with Crippen LogP contribution in [-0.2, 0) is 16.8 Å². The van der Waals surface area contributed by atoms with Crippen LogP contribution in [0.2, 0.25) is 0 Å². The van der Waals surface area contributed by atoms with E-state index in [9.17, 15) is 44.9 Å². The predicted molar refractivity (Wildman–Crippen MR) is 129 cm³/mol. The molecule has 0 fully saturated rings. The Hall–Kier alpha value is -2.07. The van der Waals surface area contributed by atoms with Crippen molar-refractivity contribution < 1.29 is 44.9 Å². The van der Waals surface area contributed by atoms with Gasteiger partial charge in [-0.25, -0.2) is 4.39 Å². The fraction of sp³-hybridized carbons (Fsp3) is 0.364. The van der Waals surface area contributed by atoms with Crippen molar-refractivity contribution in [3.63, 3.8) is 0 Å². The third-order valence-electron chi connectivity index (χ3n) is 5.00. The maximum atomic E-state index is 14.3. The zero-order chi connectivity index (χ0) is 27.6. The number of alkyl halides is 7. The number of aryl methyl sites for hydroxylation is 1. The predicted octanol–water partition coefficient (Wildman–Crippen LogP) is 5.64. The van der Waals surface area contributed by atoms with Gasteiger partial charge >= 0.3 is 18.0 Å². The van der Waals surface area contributed by atoms with Gasteiger partial charge in [-0.1, -0.05) is 29.4 Å². The van der Waals surface area contributed by atoms with Gasteiger partial charge in [0.25, 0.3) is 11.8 Å². The highest BCUT2D eigenvalue weighted by atomic mass is 127. The second-order valence-electron chi connectivity index (χ2n) is 7.91. The van der Waals surface area contributed by atoms with Gasteiger partial charge in [-0.3, -0.25) is 9.59 Å². The summed E-state index contributed by atoms with van der Waals surface area (Å²) < 4.78 is 104. The van der Waals surface area contributed by atoms with Gasteiger partial charge < -0.3 is 15.2 Å². The van der Waals surface area contributed by atoms with E-state index in [0.29, 0.717) is 15.7 Å². The van der Waals surface area contributed by atoms with Crippen molar-refractivity contribution >= 4 is 51.3 Å². The van der Waals surface area contributed by atoms with Gasteiger partial charge in [0.15, 0.2) is 0 Å². The second kappa shape index (κ2) is 11.1. The van der Waals surface area contributed by atoms with E-state index in [-0.39, 0.29) is 28.1 Å². The Morgan fingerprint density at radius 2 is 1.61 bits per heavy atom. The van der Waals surface area contributed by atoms with Gasteiger partial charge in [0.05, 0.1) is 23.4 Å². The van der Waals surface area contributed by atoms with Crippen LogP contribution < -0.4 is 10.6 Å². The Kier molecular flexibility index (Phi) is 9.32. The topological polar surface area (TPSA) is 81.3 Å². The summed E-state index contributed by atoms with van der Waals surface area (Å²) in [7, 11) is 0. The highest BCUT2D eigenvalue weighted by Gasteiger charge is 2.73. The van der Waals surface area contributed by atoms with E-state index in [1.54, 1.807) is 13.0 Å². The van der Waals surface area contributed by atoms with Crippen LogP contribution in [-0.4, -0.2) is 46.8 Å². The fourth-order valence-corrected chi connectivity index (χ4v) is 4.86. The van der Waals surface area contributed by atoms with Crippen LogP contribution in [0.4, 0.5) is 36.4 Å². The van der Waals surface area contributed by atoms with Gasteiger partial charge in [0.1, 0.15) is 5.75 Å². The van der Waals surface area contributed by atoms with Gasteiger partial charge in [-0.2, -0.15) is 26.3 Å². The molecule has 0 saturated carbocycles. The average Bonchev–Trinajstić information content (AvgIpc) is 2.71. The summed E-state index contributed by atoms with van der Waals surface area (Å²) >= 11 is 0.616. The maximum absolute atomic E-state index is 14.3. The Morgan fingerprint density at radius 3 is 2.11 bits per heavy atom. The van der Waals surface area contributed by atoms with E-state index in [4.69, 9.17) is 0 Å². The molecule has 2 N–H and O–H groups in total. The summed E-state index contributed by atoms with van der Waals surface area (Å²) in [6.45, 7) is 2.72. The lowest BCUT2D eigenvalue weighted by Crippen LogP contribution is -2.50. The summed E-state index contributed by atoms with van der Waals surface area (Å²) in [6, 6.07) is 5.19. The van der Waals surface area contributed by atoms with Crippen LogP contribution in [0.1, 0.15) is 38.8 Å². The molecule has 2 atom stereocenters.